The fraction of sp³-hybridized carbons (Fsp3) is 0.917. The van der Waals surface area contributed by atoms with Crippen LogP contribution in [0.4, 0.5) is 0 Å². The maximum Gasteiger partial charge on any atom is 0.127 e. The van der Waals surface area contributed by atoms with E-state index in [1.54, 1.807) is 9.80 Å². The second kappa shape index (κ2) is 3.44. The lowest BCUT2D eigenvalue weighted by Gasteiger charge is -2.47. The van der Waals surface area contributed by atoms with Gasteiger partial charge in [0.25, 0.3) is 0 Å². The molecule has 0 saturated carbocycles. The third-order valence-electron chi connectivity index (χ3n) is 5.14. The Morgan fingerprint density at radius 2 is 1.81 bits per heavy atom. The maximum atomic E-state index is 9.37. The quantitative estimate of drug-likeness (QED) is 0.347. The van der Waals surface area contributed by atoms with Crippen molar-refractivity contribution in [2.45, 2.75) is 13.8 Å². The Hall–Kier alpha value is -0.610. The highest BCUT2D eigenvalue weighted by molar-refractivity contribution is 5.93. The molecular weight excluding hydrogens is 202 g/mol. The van der Waals surface area contributed by atoms with Crippen LogP contribution in [-0.2, 0) is 0 Å². The molecule has 0 radical (unpaired) electrons. The van der Waals surface area contributed by atoms with Crippen molar-refractivity contribution in [3.05, 3.63) is 0 Å². The van der Waals surface area contributed by atoms with Crippen LogP contribution < -0.4 is 9.80 Å². The number of quaternary nitrogens is 2. The zero-order chi connectivity index (χ0) is 11.3. The predicted molar refractivity (Wildman–Crippen MR) is 61.1 cm³/mol. The summed E-state index contributed by atoms with van der Waals surface area (Å²) in [4.78, 5) is 3.47. The van der Waals surface area contributed by atoms with Gasteiger partial charge in [-0.15, -0.1) is 0 Å². The molecule has 4 rings (SSSR count). The molecule has 4 aliphatic heterocycles. The Kier molecular flexibility index (Phi) is 2.27. The van der Waals surface area contributed by atoms with Crippen LogP contribution in [0, 0.1) is 17.3 Å². The first-order chi connectivity index (χ1) is 7.65. The van der Waals surface area contributed by atoms with Crippen molar-refractivity contribution in [1.82, 2.24) is 0 Å². The number of nitrogens with one attached hydrogen (secondary N) is 2. The molecule has 4 aliphatic rings. The molecule has 90 valence electrons. The summed E-state index contributed by atoms with van der Waals surface area (Å²) in [7, 11) is 0. The third-order valence-corrected chi connectivity index (χ3v) is 5.14. The number of rotatable bonds is 1. The Morgan fingerprint density at radius 1 is 1.25 bits per heavy atom. The summed E-state index contributed by atoms with van der Waals surface area (Å²) in [5.74, 6) is 1.12. The normalized spacial score (nSPS) is 48.9. The lowest BCUT2D eigenvalue weighted by molar-refractivity contribution is -0.918. The second-order valence-electron chi connectivity index (χ2n) is 6.25. The van der Waals surface area contributed by atoms with E-state index in [-0.39, 0.29) is 5.41 Å². The molecule has 0 spiro atoms. The third kappa shape index (κ3) is 1.26. The lowest BCUT2D eigenvalue weighted by atomic mass is 9.64. The first-order valence-electron chi connectivity index (χ1n) is 6.55. The van der Waals surface area contributed by atoms with Crippen molar-refractivity contribution in [1.29, 1.82) is 0 Å². The fourth-order valence-electron chi connectivity index (χ4n) is 4.27. The van der Waals surface area contributed by atoms with Crippen LogP contribution >= 0.6 is 0 Å². The van der Waals surface area contributed by atoms with Crippen LogP contribution in [0.15, 0.2) is 5.16 Å². The van der Waals surface area contributed by atoms with Gasteiger partial charge in [0, 0.05) is 0 Å². The van der Waals surface area contributed by atoms with Gasteiger partial charge in [0.15, 0.2) is 0 Å². The minimum absolute atomic E-state index is 0.178. The van der Waals surface area contributed by atoms with Crippen molar-refractivity contribution in [3.63, 3.8) is 0 Å². The molecule has 4 saturated heterocycles. The van der Waals surface area contributed by atoms with E-state index < -0.39 is 0 Å². The Labute approximate surface area is 96.9 Å². The predicted octanol–water partition coefficient (Wildman–Crippen LogP) is -2.11. The van der Waals surface area contributed by atoms with Crippen LogP contribution in [0.5, 0.6) is 0 Å². The van der Waals surface area contributed by atoms with Crippen LogP contribution in [0.1, 0.15) is 13.8 Å². The summed E-state index contributed by atoms with van der Waals surface area (Å²) in [6, 6.07) is 0. The SMILES string of the molecule is CC(C)C12C[NH+]3CC[NH+](CC(C3)/C1=N\O)C2. The maximum absolute atomic E-state index is 9.37. The first kappa shape index (κ1) is 10.5. The van der Waals surface area contributed by atoms with Crippen LogP contribution in [0.2, 0.25) is 0 Å². The van der Waals surface area contributed by atoms with Crippen molar-refractivity contribution in [3.8, 4) is 0 Å². The molecule has 16 heavy (non-hydrogen) atoms. The summed E-state index contributed by atoms with van der Waals surface area (Å²) < 4.78 is 0. The van der Waals surface area contributed by atoms with E-state index in [4.69, 9.17) is 0 Å². The first-order valence-corrected chi connectivity index (χ1v) is 6.55. The summed E-state index contributed by atoms with van der Waals surface area (Å²) in [5.41, 5.74) is 1.30. The molecular formula is C12H23N3O+2. The number of nitrogens with zero attached hydrogens (tertiary/aromatic N) is 1. The van der Waals surface area contributed by atoms with Gasteiger partial charge in [0.1, 0.15) is 18.5 Å². The summed E-state index contributed by atoms with van der Waals surface area (Å²) in [5, 5.41) is 13.1. The highest BCUT2D eigenvalue weighted by atomic mass is 16.4. The number of oxime groups is 1. The zero-order valence-electron chi connectivity index (χ0n) is 10.3. The number of piperidine rings is 2. The van der Waals surface area contributed by atoms with Gasteiger partial charge in [-0.2, -0.15) is 0 Å². The molecule has 0 aliphatic carbocycles. The molecule has 0 aromatic rings. The molecule has 0 aromatic carbocycles. The zero-order valence-corrected chi connectivity index (χ0v) is 10.3. The summed E-state index contributed by atoms with van der Waals surface area (Å²) in [6.07, 6.45) is 0. The second-order valence-corrected chi connectivity index (χ2v) is 6.25. The topological polar surface area (TPSA) is 41.5 Å². The van der Waals surface area contributed by atoms with Crippen molar-refractivity contribution in [2.24, 2.45) is 22.4 Å². The highest BCUT2D eigenvalue weighted by Gasteiger charge is 2.59. The molecule has 2 atom stereocenters. The average molecular weight is 225 g/mol. The van der Waals surface area contributed by atoms with E-state index in [1.165, 1.54) is 39.3 Å². The lowest BCUT2D eigenvalue weighted by Crippen LogP contribution is -3.17. The van der Waals surface area contributed by atoms with Crippen LogP contribution in [0.25, 0.3) is 0 Å². The van der Waals surface area contributed by atoms with Gasteiger partial charge >= 0.3 is 0 Å². The van der Waals surface area contributed by atoms with Crippen molar-refractivity contribution >= 4 is 5.71 Å². The van der Waals surface area contributed by atoms with E-state index in [0.29, 0.717) is 11.8 Å². The molecule has 4 nitrogen and oxygen atoms in total. The standard InChI is InChI=1S/C12H21N3O/c1-9(2)12-7-14-3-4-15(8-12)6-10(5-14)11(12)13-16/h9-10,16H,3-8H2,1-2H3/p+2/b13-11+. The molecule has 4 bridgehead atoms. The molecule has 3 N–H and O–H groups in total. The Morgan fingerprint density at radius 3 is 2.25 bits per heavy atom. The van der Waals surface area contributed by atoms with Gasteiger partial charge in [-0.1, -0.05) is 19.0 Å². The van der Waals surface area contributed by atoms with E-state index >= 15 is 0 Å². The highest BCUT2D eigenvalue weighted by Crippen LogP contribution is 2.34. The van der Waals surface area contributed by atoms with Crippen LogP contribution in [-0.4, -0.2) is 50.2 Å². The number of fused-ring (bicyclic) bond motifs is 1. The fourth-order valence-corrected chi connectivity index (χ4v) is 4.27. The largest absolute Gasteiger partial charge is 0.411 e. The van der Waals surface area contributed by atoms with E-state index in [9.17, 15) is 5.21 Å². The Bertz CT molecular complexity index is 310. The summed E-state index contributed by atoms with van der Waals surface area (Å²) in [6.45, 7) is 11.9. The molecule has 4 fully saturated rings. The Balaban J connectivity index is 2.06. The molecule has 0 aromatic heterocycles. The molecule has 4 heterocycles. The smallest absolute Gasteiger partial charge is 0.127 e. The van der Waals surface area contributed by atoms with E-state index in [0.717, 1.165) is 5.71 Å². The van der Waals surface area contributed by atoms with Gasteiger partial charge in [0.05, 0.1) is 37.8 Å². The van der Waals surface area contributed by atoms with Gasteiger partial charge in [-0.25, -0.2) is 0 Å². The van der Waals surface area contributed by atoms with Gasteiger partial charge in [-0.05, 0) is 5.92 Å². The minimum Gasteiger partial charge on any atom is -0.411 e. The monoisotopic (exact) mass is 225 g/mol. The summed E-state index contributed by atoms with van der Waals surface area (Å²) >= 11 is 0. The van der Waals surface area contributed by atoms with Gasteiger partial charge < -0.3 is 15.0 Å². The van der Waals surface area contributed by atoms with Gasteiger partial charge in [-0.3, -0.25) is 0 Å². The molecule has 0 amide bonds. The van der Waals surface area contributed by atoms with Crippen molar-refractivity contribution in [2.75, 3.05) is 39.3 Å². The molecule has 2 unspecified atom stereocenters. The van der Waals surface area contributed by atoms with Crippen molar-refractivity contribution < 1.29 is 15.0 Å². The van der Waals surface area contributed by atoms with E-state index in [1.807, 2.05) is 0 Å². The average Bonchev–Trinajstić information content (AvgIpc) is 2.47. The number of hydrogen-bond acceptors (Lipinski definition) is 2. The molecule has 4 heteroatoms. The minimum atomic E-state index is 0.178. The van der Waals surface area contributed by atoms with Crippen LogP contribution in [0.3, 0.4) is 0 Å². The number of hydrogen-bond donors (Lipinski definition) is 3. The van der Waals surface area contributed by atoms with Gasteiger partial charge in [0.2, 0.25) is 0 Å². The van der Waals surface area contributed by atoms with E-state index in [2.05, 4.69) is 19.0 Å².